The van der Waals surface area contributed by atoms with E-state index in [0.29, 0.717) is 31.6 Å². The largest absolute Gasteiger partial charge is 0.352 e. The average molecular weight is 521 g/mol. The molecule has 2 amide bonds. The van der Waals surface area contributed by atoms with Gasteiger partial charge in [-0.15, -0.1) is 0 Å². The van der Waals surface area contributed by atoms with Gasteiger partial charge in [-0.1, -0.05) is 38.6 Å². The molecule has 1 saturated heterocycles. The Morgan fingerprint density at radius 1 is 1.08 bits per heavy atom. The fourth-order valence-electron chi connectivity index (χ4n) is 4.83. The van der Waals surface area contributed by atoms with Crippen molar-refractivity contribution in [1.29, 1.82) is 0 Å². The zero-order chi connectivity index (χ0) is 26.6. The van der Waals surface area contributed by atoms with Gasteiger partial charge in [-0.3, -0.25) is 14.6 Å². The van der Waals surface area contributed by atoms with E-state index in [1.165, 1.54) is 34.6 Å². The van der Waals surface area contributed by atoms with Crippen molar-refractivity contribution in [2.24, 2.45) is 11.8 Å². The Labute approximate surface area is 217 Å². The Kier molecular flexibility index (Phi) is 8.04. The van der Waals surface area contributed by atoms with Crippen LogP contribution in [0.2, 0.25) is 0 Å². The molecule has 2 heterocycles. The lowest BCUT2D eigenvalue weighted by atomic mass is 9.87. The van der Waals surface area contributed by atoms with Gasteiger partial charge < -0.3 is 10.6 Å². The molecule has 2 atom stereocenters. The highest BCUT2D eigenvalue weighted by atomic mass is 32.2. The second-order valence-electron chi connectivity index (χ2n) is 9.58. The van der Waals surface area contributed by atoms with Gasteiger partial charge in [0.05, 0.1) is 10.4 Å². The lowest BCUT2D eigenvalue weighted by Gasteiger charge is -2.40. The van der Waals surface area contributed by atoms with Crippen LogP contribution >= 0.6 is 0 Å². The van der Waals surface area contributed by atoms with Crippen molar-refractivity contribution in [3.8, 4) is 0 Å². The summed E-state index contributed by atoms with van der Waals surface area (Å²) in [6.07, 6.45) is 3.64. The predicted molar refractivity (Wildman–Crippen MR) is 143 cm³/mol. The van der Waals surface area contributed by atoms with Gasteiger partial charge in [0, 0.05) is 42.8 Å². The molecule has 9 heteroatoms. The molecule has 1 fully saturated rings. The number of nitrogens with zero attached hydrogens (tertiary/aromatic N) is 2. The van der Waals surface area contributed by atoms with Crippen molar-refractivity contribution in [2.45, 2.75) is 31.2 Å². The molecule has 2 unspecified atom stereocenters. The first-order valence-electron chi connectivity index (χ1n) is 12.3. The van der Waals surface area contributed by atoms with Crippen LogP contribution in [-0.4, -0.2) is 55.2 Å². The summed E-state index contributed by atoms with van der Waals surface area (Å²) in [6, 6.07) is 15.8. The van der Waals surface area contributed by atoms with Gasteiger partial charge >= 0.3 is 0 Å². The highest BCUT2D eigenvalue weighted by Gasteiger charge is 2.38. The summed E-state index contributed by atoms with van der Waals surface area (Å²) in [6.45, 7) is 8.36. The number of carbonyl (C=O) groups excluding carboxylic acids is 2. The SMILES string of the molecule is C=CC(=O)NC1C(C)CN(S(=O)(=O)c2ccc(C(=O)NCCc3ccc4cccnc4c3)cc2)CC1C. The smallest absolute Gasteiger partial charge is 0.251 e. The second-order valence-corrected chi connectivity index (χ2v) is 11.5. The van der Waals surface area contributed by atoms with E-state index in [4.69, 9.17) is 0 Å². The third-order valence-electron chi connectivity index (χ3n) is 6.83. The van der Waals surface area contributed by atoms with Crippen molar-refractivity contribution < 1.29 is 18.0 Å². The number of carbonyl (C=O) groups is 2. The number of fused-ring (bicyclic) bond motifs is 1. The first kappa shape index (κ1) is 26.5. The Morgan fingerprint density at radius 2 is 1.78 bits per heavy atom. The monoisotopic (exact) mass is 520 g/mol. The highest BCUT2D eigenvalue weighted by Crippen LogP contribution is 2.27. The van der Waals surface area contributed by atoms with Crippen LogP contribution in [0.3, 0.4) is 0 Å². The molecule has 194 valence electrons. The van der Waals surface area contributed by atoms with Crippen LogP contribution in [0.4, 0.5) is 0 Å². The molecule has 1 aliphatic heterocycles. The Morgan fingerprint density at radius 3 is 2.46 bits per heavy atom. The molecule has 8 nitrogen and oxygen atoms in total. The van der Waals surface area contributed by atoms with Gasteiger partial charge in [0.15, 0.2) is 0 Å². The molecule has 3 aromatic rings. The summed E-state index contributed by atoms with van der Waals surface area (Å²) in [5.74, 6) is -0.649. The minimum atomic E-state index is -3.74. The minimum absolute atomic E-state index is 0.0640. The number of nitrogens with one attached hydrogen (secondary N) is 2. The Hall–Kier alpha value is -3.56. The fourth-order valence-corrected chi connectivity index (χ4v) is 6.47. The number of benzene rings is 2. The summed E-state index contributed by atoms with van der Waals surface area (Å²) in [7, 11) is -3.74. The van der Waals surface area contributed by atoms with Crippen LogP contribution < -0.4 is 10.6 Å². The Balaban J connectivity index is 1.35. The highest BCUT2D eigenvalue weighted by molar-refractivity contribution is 7.89. The number of sulfonamides is 1. The van der Waals surface area contributed by atoms with Crippen molar-refractivity contribution >= 4 is 32.7 Å². The zero-order valence-corrected chi connectivity index (χ0v) is 21.9. The molecule has 0 radical (unpaired) electrons. The van der Waals surface area contributed by atoms with Crippen LogP contribution in [0.25, 0.3) is 10.9 Å². The molecule has 2 N–H and O–H groups in total. The third-order valence-corrected chi connectivity index (χ3v) is 8.67. The van der Waals surface area contributed by atoms with Crippen molar-refractivity contribution in [2.75, 3.05) is 19.6 Å². The van der Waals surface area contributed by atoms with Crippen molar-refractivity contribution in [3.63, 3.8) is 0 Å². The van der Waals surface area contributed by atoms with Crippen LogP contribution in [0.15, 0.2) is 78.3 Å². The molecule has 0 aliphatic carbocycles. The van der Waals surface area contributed by atoms with E-state index in [1.807, 2.05) is 44.2 Å². The molecule has 2 aromatic carbocycles. The molecule has 1 aliphatic rings. The minimum Gasteiger partial charge on any atom is -0.352 e. The number of hydrogen-bond donors (Lipinski definition) is 2. The van der Waals surface area contributed by atoms with E-state index < -0.39 is 10.0 Å². The summed E-state index contributed by atoms with van der Waals surface area (Å²) in [5.41, 5.74) is 2.38. The zero-order valence-electron chi connectivity index (χ0n) is 21.1. The number of piperidine rings is 1. The molecule has 4 rings (SSSR count). The average Bonchev–Trinajstić information content (AvgIpc) is 2.90. The molecule has 1 aromatic heterocycles. The lowest BCUT2D eigenvalue weighted by Crippen LogP contribution is -2.55. The van der Waals surface area contributed by atoms with Gasteiger partial charge in [0.25, 0.3) is 5.91 Å². The predicted octanol–water partition coefficient (Wildman–Crippen LogP) is 3.15. The second kappa shape index (κ2) is 11.2. The lowest BCUT2D eigenvalue weighted by molar-refractivity contribution is -0.118. The van der Waals surface area contributed by atoms with E-state index >= 15 is 0 Å². The maximum Gasteiger partial charge on any atom is 0.251 e. The molecule has 0 saturated carbocycles. The van der Waals surface area contributed by atoms with Crippen LogP contribution in [0.1, 0.15) is 29.8 Å². The van der Waals surface area contributed by atoms with Crippen LogP contribution in [-0.2, 0) is 21.2 Å². The normalized spacial score (nSPS) is 20.3. The van der Waals surface area contributed by atoms with Crippen molar-refractivity contribution in [1.82, 2.24) is 19.9 Å². The quantitative estimate of drug-likeness (QED) is 0.444. The first-order chi connectivity index (χ1) is 17.7. The van der Waals surface area contributed by atoms with E-state index in [-0.39, 0.29) is 34.6 Å². The number of pyridine rings is 1. The number of aromatic nitrogens is 1. The van der Waals surface area contributed by atoms with Gasteiger partial charge in [0.1, 0.15) is 0 Å². The number of amides is 2. The van der Waals surface area contributed by atoms with E-state index in [1.54, 1.807) is 6.20 Å². The number of hydrogen-bond acceptors (Lipinski definition) is 5. The number of rotatable bonds is 8. The van der Waals surface area contributed by atoms with Gasteiger partial charge in [-0.25, -0.2) is 8.42 Å². The first-order valence-corrected chi connectivity index (χ1v) is 13.8. The maximum atomic E-state index is 13.3. The third kappa shape index (κ3) is 6.06. The summed E-state index contributed by atoms with van der Waals surface area (Å²) < 4.78 is 28.0. The van der Waals surface area contributed by atoms with Crippen LogP contribution in [0, 0.1) is 11.8 Å². The molecule has 37 heavy (non-hydrogen) atoms. The standard InChI is InChI=1S/C28H32N4O4S/c1-4-26(33)31-27-19(2)17-32(18-20(27)3)37(35,36)24-11-9-23(10-12-24)28(34)30-15-13-21-7-8-22-6-5-14-29-25(22)16-21/h4-12,14,16,19-20,27H,1,13,15,17-18H2,2-3H3,(H,30,34)(H,31,33). The van der Waals surface area contributed by atoms with Gasteiger partial charge in [-0.05, 0) is 66.3 Å². The topological polar surface area (TPSA) is 108 Å². The summed E-state index contributed by atoms with van der Waals surface area (Å²) >= 11 is 0. The maximum absolute atomic E-state index is 13.3. The van der Waals surface area contributed by atoms with E-state index in [2.05, 4.69) is 22.2 Å². The van der Waals surface area contributed by atoms with E-state index in [0.717, 1.165) is 16.5 Å². The Bertz CT molecular complexity index is 1390. The summed E-state index contributed by atoms with van der Waals surface area (Å²) in [4.78, 5) is 28.9. The fraction of sp³-hybridized carbons (Fsp3) is 0.321. The van der Waals surface area contributed by atoms with E-state index in [9.17, 15) is 18.0 Å². The molecular weight excluding hydrogens is 488 g/mol. The molecular formula is C28H32N4O4S. The van der Waals surface area contributed by atoms with Gasteiger partial charge in [-0.2, -0.15) is 4.31 Å². The molecule has 0 spiro atoms. The van der Waals surface area contributed by atoms with Crippen LogP contribution in [0.5, 0.6) is 0 Å². The summed E-state index contributed by atoms with van der Waals surface area (Å²) in [5, 5.41) is 6.87. The van der Waals surface area contributed by atoms with Crippen molar-refractivity contribution in [3.05, 3.63) is 84.6 Å². The van der Waals surface area contributed by atoms with Gasteiger partial charge in [0.2, 0.25) is 15.9 Å². The molecule has 0 bridgehead atoms.